The van der Waals surface area contributed by atoms with E-state index in [0.717, 1.165) is 16.7 Å². The molecule has 1 aromatic heterocycles. The molecule has 1 heterocycles. The first-order chi connectivity index (χ1) is 13.6. The summed E-state index contributed by atoms with van der Waals surface area (Å²) in [7, 11) is 0. The highest BCUT2D eigenvalue weighted by Crippen LogP contribution is 2.34. The number of aryl methyl sites for hydroxylation is 1. The van der Waals surface area contributed by atoms with Gasteiger partial charge in [0.2, 0.25) is 11.1 Å². The first-order valence-electron chi connectivity index (χ1n) is 8.86. The number of carbonyl (C=O) groups excluding carboxylic acids is 2. The van der Waals surface area contributed by atoms with E-state index in [1.165, 1.54) is 11.8 Å². The van der Waals surface area contributed by atoms with E-state index < -0.39 is 17.2 Å². The Morgan fingerprint density at radius 2 is 1.82 bits per heavy atom. The third kappa shape index (κ3) is 4.98. The Kier molecular flexibility index (Phi) is 6.44. The molecule has 0 aliphatic rings. The molecule has 0 radical (unpaired) electrons. The van der Waals surface area contributed by atoms with Crippen LogP contribution in [0.5, 0.6) is 0 Å². The molecule has 3 N–H and O–H groups in total. The fourth-order valence-electron chi connectivity index (χ4n) is 2.53. The fraction of sp³-hybridized carbons (Fsp3) is 0.200. The molecule has 144 valence electrons. The Labute approximate surface area is 167 Å². The summed E-state index contributed by atoms with van der Waals surface area (Å²) in [5.41, 5.74) is 2.83. The van der Waals surface area contributed by atoms with Gasteiger partial charge in [-0.2, -0.15) is 0 Å². The Bertz CT molecular complexity index is 941. The van der Waals surface area contributed by atoms with Gasteiger partial charge in [-0.15, -0.1) is 5.10 Å². The van der Waals surface area contributed by atoms with Crippen LogP contribution in [0.1, 0.15) is 23.3 Å². The summed E-state index contributed by atoms with van der Waals surface area (Å²) >= 11 is 1.18. The predicted molar refractivity (Wildman–Crippen MR) is 109 cm³/mol. The van der Waals surface area contributed by atoms with E-state index in [9.17, 15) is 9.59 Å². The van der Waals surface area contributed by atoms with Gasteiger partial charge in [0.15, 0.2) is 5.82 Å². The van der Waals surface area contributed by atoms with E-state index in [-0.39, 0.29) is 0 Å². The minimum absolute atomic E-state index is 0.426. The Morgan fingerprint density at radius 1 is 1.11 bits per heavy atom. The van der Waals surface area contributed by atoms with Crippen LogP contribution in [0.25, 0.3) is 11.4 Å². The molecule has 8 heteroatoms. The van der Waals surface area contributed by atoms with Crippen molar-refractivity contribution in [1.82, 2.24) is 25.8 Å². The standard InChI is InChI=1S/C20H21N5O2S/c1-3-21-19(27)23-18(26)16(14-7-5-4-6-8-14)28-20-22-17(24-25-20)15-11-9-13(2)10-12-15/h4-12,16H,3H2,1-2H3,(H,22,24,25)(H2,21,23,26,27)/t16-/m1/s1. The molecule has 0 fully saturated rings. The van der Waals surface area contributed by atoms with Crippen LogP contribution >= 0.6 is 11.8 Å². The maximum absolute atomic E-state index is 12.7. The predicted octanol–water partition coefficient (Wildman–Crippen LogP) is 3.46. The minimum Gasteiger partial charge on any atom is -0.338 e. The highest BCUT2D eigenvalue weighted by atomic mass is 32.2. The van der Waals surface area contributed by atoms with Crippen molar-refractivity contribution in [2.24, 2.45) is 0 Å². The highest BCUT2D eigenvalue weighted by Gasteiger charge is 2.25. The van der Waals surface area contributed by atoms with Gasteiger partial charge in [0, 0.05) is 12.1 Å². The van der Waals surface area contributed by atoms with E-state index in [1.54, 1.807) is 6.92 Å². The van der Waals surface area contributed by atoms with Gasteiger partial charge in [0.05, 0.1) is 0 Å². The minimum atomic E-state index is -0.662. The summed E-state index contributed by atoms with van der Waals surface area (Å²) in [6, 6.07) is 16.6. The Morgan fingerprint density at radius 3 is 2.50 bits per heavy atom. The number of aromatic nitrogens is 3. The lowest BCUT2D eigenvalue weighted by molar-refractivity contribution is -0.119. The largest absolute Gasteiger partial charge is 0.338 e. The summed E-state index contributed by atoms with van der Waals surface area (Å²) in [6.45, 7) is 4.24. The topological polar surface area (TPSA) is 99.8 Å². The molecule has 1 atom stereocenters. The van der Waals surface area contributed by atoms with Crippen LogP contribution in [0.2, 0.25) is 0 Å². The van der Waals surface area contributed by atoms with Crippen molar-refractivity contribution in [3.8, 4) is 11.4 Å². The molecule has 0 aliphatic carbocycles. The summed E-state index contributed by atoms with van der Waals surface area (Å²) in [4.78, 5) is 28.9. The molecule has 0 saturated heterocycles. The number of H-pyrrole nitrogens is 1. The van der Waals surface area contributed by atoms with E-state index in [4.69, 9.17) is 0 Å². The van der Waals surface area contributed by atoms with Crippen molar-refractivity contribution < 1.29 is 9.59 Å². The summed E-state index contributed by atoms with van der Waals surface area (Å²) in [5, 5.41) is 11.8. The van der Waals surface area contributed by atoms with E-state index in [2.05, 4.69) is 25.8 Å². The van der Waals surface area contributed by atoms with Crippen LogP contribution in [0.3, 0.4) is 0 Å². The number of urea groups is 1. The van der Waals surface area contributed by atoms with Crippen molar-refractivity contribution in [2.45, 2.75) is 24.3 Å². The number of nitrogens with one attached hydrogen (secondary N) is 3. The van der Waals surface area contributed by atoms with Crippen LogP contribution in [0.4, 0.5) is 4.79 Å². The second-order valence-corrected chi connectivity index (χ2v) is 7.16. The maximum atomic E-state index is 12.7. The van der Waals surface area contributed by atoms with Crippen molar-refractivity contribution in [3.05, 3.63) is 65.7 Å². The van der Waals surface area contributed by atoms with Gasteiger partial charge in [-0.25, -0.2) is 9.78 Å². The van der Waals surface area contributed by atoms with E-state index >= 15 is 0 Å². The van der Waals surface area contributed by atoms with Gasteiger partial charge in [0.25, 0.3) is 0 Å². The number of benzene rings is 2. The average molecular weight is 395 g/mol. The number of thioether (sulfide) groups is 1. The van der Waals surface area contributed by atoms with E-state index in [1.807, 2.05) is 61.5 Å². The molecule has 0 bridgehead atoms. The smallest absolute Gasteiger partial charge is 0.321 e. The number of rotatable bonds is 6. The Balaban J connectivity index is 1.81. The van der Waals surface area contributed by atoms with Crippen molar-refractivity contribution in [3.63, 3.8) is 0 Å². The van der Waals surface area contributed by atoms with Crippen molar-refractivity contribution in [2.75, 3.05) is 6.54 Å². The average Bonchev–Trinajstić information content (AvgIpc) is 3.16. The fourth-order valence-corrected chi connectivity index (χ4v) is 3.44. The number of imide groups is 1. The molecule has 3 amide bonds. The number of nitrogens with zero attached hydrogens (tertiary/aromatic N) is 2. The van der Waals surface area contributed by atoms with E-state index in [0.29, 0.717) is 17.5 Å². The van der Waals surface area contributed by atoms with Gasteiger partial charge >= 0.3 is 6.03 Å². The number of hydrogen-bond donors (Lipinski definition) is 3. The molecular formula is C20H21N5O2S. The van der Waals surface area contributed by atoms with Gasteiger partial charge in [-0.1, -0.05) is 71.9 Å². The summed E-state index contributed by atoms with van der Waals surface area (Å²) in [5.74, 6) is 0.197. The molecule has 0 saturated carbocycles. The monoisotopic (exact) mass is 395 g/mol. The first kappa shape index (κ1) is 19.6. The summed E-state index contributed by atoms with van der Waals surface area (Å²) in [6.07, 6.45) is 0. The van der Waals surface area contributed by atoms with Crippen LogP contribution in [0, 0.1) is 6.92 Å². The number of aromatic amines is 1. The highest BCUT2D eigenvalue weighted by molar-refractivity contribution is 8.00. The van der Waals surface area contributed by atoms with Crippen molar-refractivity contribution >= 4 is 23.7 Å². The molecule has 2 aromatic carbocycles. The van der Waals surface area contributed by atoms with Crippen LogP contribution in [0.15, 0.2) is 59.8 Å². The lowest BCUT2D eigenvalue weighted by Gasteiger charge is -2.14. The second kappa shape index (κ2) is 9.18. The molecule has 28 heavy (non-hydrogen) atoms. The first-order valence-corrected chi connectivity index (χ1v) is 9.74. The lowest BCUT2D eigenvalue weighted by Crippen LogP contribution is -2.41. The maximum Gasteiger partial charge on any atom is 0.321 e. The number of amides is 3. The Hall–Kier alpha value is -3.13. The van der Waals surface area contributed by atoms with Gasteiger partial charge < -0.3 is 5.32 Å². The molecule has 3 rings (SSSR count). The van der Waals surface area contributed by atoms with Crippen LogP contribution < -0.4 is 10.6 Å². The second-order valence-electron chi connectivity index (χ2n) is 6.09. The van der Waals surface area contributed by atoms with Crippen LogP contribution in [-0.2, 0) is 4.79 Å². The van der Waals surface area contributed by atoms with Gasteiger partial charge in [-0.3, -0.25) is 15.2 Å². The molecule has 7 nitrogen and oxygen atoms in total. The zero-order valence-corrected chi connectivity index (χ0v) is 16.4. The quantitative estimate of drug-likeness (QED) is 0.555. The zero-order chi connectivity index (χ0) is 19.9. The SMILES string of the molecule is CCNC(=O)NC(=O)[C@H](Sc1n[nH]c(-c2ccc(C)cc2)n1)c1ccccc1. The third-order valence-electron chi connectivity index (χ3n) is 3.93. The lowest BCUT2D eigenvalue weighted by atomic mass is 10.1. The molecular weight excluding hydrogens is 374 g/mol. The molecule has 3 aromatic rings. The summed E-state index contributed by atoms with van der Waals surface area (Å²) < 4.78 is 0. The third-order valence-corrected chi connectivity index (χ3v) is 5.04. The molecule has 0 unspecified atom stereocenters. The molecule has 0 spiro atoms. The van der Waals surface area contributed by atoms with Gasteiger partial charge in [-0.05, 0) is 19.4 Å². The zero-order valence-electron chi connectivity index (χ0n) is 15.6. The molecule has 0 aliphatic heterocycles. The van der Waals surface area contributed by atoms with Crippen molar-refractivity contribution in [1.29, 1.82) is 0 Å². The van der Waals surface area contributed by atoms with Crippen LogP contribution in [-0.4, -0.2) is 33.7 Å². The number of carbonyl (C=O) groups is 2. The van der Waals surface area contributed by atoms with Gasteiger partial charge in [0.1, 0.15) is 5.25 Å². The number of hydrogen-bond acceptors (Lipinski definition) is 5. The normalized spacial score (nSPS) is 11.6.